The van der Waals surface area contributed by atoms with Gasteiger partial charge in [0.2, 0.25) is 0 Å². The van der Waals surface area contributed by atoms with E-state index in [1.54, 1.807) is 24.3 Å². The van der Waals surface area contributed by atoms with E-state index in [0.717, 1.165) is 10.1 Å². The smallest absolute Gasteiger partial charge is 0.308 e. The number of phenols is 2. The number of carbonyl (C=O) groups is 1. The Labute approximate surface area is 187 Å². The first-order chi connectivity index (χ1) is 14.9. The van der Waals surface area contributed by atoms with Gasteiger partial charge < -0.3 is 14.9 Å². The number of rotatable bonds is 5. The minimum Gasteiger partial charge on any atom is -0.508 e. The molecule has 1 aromatic heterocycles. The summed E-state index contributed by atoms with van der Waals surface area (Å²) in [6, 6.07) is 18.8. The maximum Gasteiger partial charge on any atom is 0.308 e. The number of alkyl halides is 1. The van der Waals surface area contributed by atoms with Crippen LogP contribution >= 0.6 is 22.9 Å². The van der Waals surface area contributed by atoms with E-state index in [1.807, 2.05) is 24.3 Å². The Morgan fingerprint density at radius 2 is 1.74 bits per heavy atom. The topological polar surface area (TPSA) is 91.5 Å². The summed E-state index contributed by atoms with van der Waals surface area (Å²) in [4.78, 5) is 11.6. The summed E-state index contributed by atoms with van der Waals surface area (Å²) in [7, 11) is 0. The van der Waals surface area contributed by atoms with E-state index < -0.39 is 11.3 Å². The summed E-state index contributed by atoms with van der Waals surface area (Å²) >= 11 is 7.98. The van der Waals surface area contributed by atoms with Gasteiger partial charge in [0.1, 0.15) is 11.5 Å². The predicted octanol–water partition coefficient (Wildman–Crippen LogP) is 6.98. The molecule has 2 N–H and O–H groups in total. The number of aromatic hydroxyl groups is 2. The maximum absolute atomic E-state index is 11.6. The van der Waals surface area contributed by atoms with Crippen LogP contribution in [-0.2, 0) is 4.79 Å². The number of thiophene rings is 1. The second-order valence-corrected chi connectivity index (χ2v) is 8.16. The Balaban J connectivity index is 1.75. The van der Waals surface area contributed by atoms with E-state index >= 15 is 0 Å². The highest BCUT2D eigenvalue weighted by atomic mass is 35.5. The van der Waals surface area contributed by atoms with E-state index in [0.29, 0.717) is 27.6 Å². The summed E-state index contributed by atoms with van der Waals surface area (Å²) < 4.78 is 6.31. The first-order valence-electron chi connectivity index (χ1n) is 9.30. The number of hydrogen-bond donors (Lipinski definition) is 2. The van der Waals surface area contributed by atoms with Gasteiger partial charge in [-0.05, 0) is 36.4 Å². The van der Waals surface area contributed by atoms with E-state index in [1.165, 1.54) is 36.5 Å². The molecule has 0 fully saturated rings. The molecule has 0 aliphatic rings. The molecule has 4 aromatic rings. The molecule has 31 heavy (non-hydrogen) atoms. The normalized spacial score (nSPS) is 12.3. The van der Waals surface area contributed by atoms with Crippen molar-refractivity contribution in [2.45, 2.75) is 12.3 Å². The number of fused-ring (bicyclic) bond motifs is 1. The largest absolute Gasteiger partial charge is 0.508 e. The van der Waals surface area contributed by atoms with Crippen molar-refractivity contribution in [3.05, 3.63) is 77.9 Å². The average molecular weight is 453 g/mol. The molecule has 156 valence electrons. The standard InChI is InChI=1S/C23H17ClN2O4S/c1-13(27)30-22-16-7-3-5-9-20(16)31-23(22)26-25-18-8-4-2-6-15(18)21(24)17-12-14(28)10-11-19(17)29/h2-12,21,28-29H,1H3. The van der Waals surface area contributed by atoms with Gasteiger partial charge in [-0.1, -0.05) is 30.3 Å². The summed E-state index contributed by atoms with van der Waals surface area (Å²) in [5.74, 6) is -0.122. The third kappa shape index (κ3) is 4.38. The quantitative estimate of drug-likeness (QED) is 0.148. The second kappa shape index (κ2) is 8.75. The van der Waals surface area contributed by atoms with Crippen molar-refractivity contribution in [2.75, 3.05) is 0 Å². The summed E-state index contributed by atoms with van der Waals surface area (Å²) in [5.41, 5.74) is 1.44. The molecular formula is C23H17ClN2O4S. The number of ether oxygens (including phenoxy) is 1. The lowest BCUT2D eigenvalue weighted by Crippen LogP contribution is -2.00. The van der Waals surface area contributed by atoms with Crippen molar-refractivity contribution < 1.29 is 19.7 Å². The molecule has 0 amide bonds. The zero-order chi connectivity index (χ0) is 22.0. The van der Waals surface area contributed by atoms with Gasteiger partial charge >= 0.3 is 5.97 Å². The van der Waals surface area contributed by atoms with E-state index in [-0.39, 0.29) is 11.5 Å². The van der Waals surface area contributed by atoms with Gasteiger partial charge in [-0.25, -0.2) is 0 Å². The van der Waals surface area contributed by atoms with Gasteiger partial charge in [-0.3, -0.25) is 4.79 Å². The SMILES string of the molecule is CC(=O)Oc1c(N=Nc2ccccc2C(Cl)c2cc(O)ccc2O)sc2ccccc12. The Kier molecular flexibility index (Phi) is 5.88. The molecule has 8 heteroatoms. The zero-order valence-electron chi connectivity index (χ0n) is 16.3. The molecule has 4 rings (SSSR count). The molecular weight excluding hydrogens is 436 g/mol. The van der Waals surface area contributed by atoms with Crippen LogP contribution in [0.1, 0.15) is 23.4 Å². The second-order valence-electron chi connectivity index (χ2n) is 6.69. The van der Waals surface area contributed by atoms with Crippen LogP contribution in [0.15, 0.2) is 77.0 Å². The first kappa shape index (κ1) is 20.8. The number of hydrogen-bond acceptors (Lipinski definition) is 7. The Morgan fingerprint density at radius 1 is 1.00 bits per heavy atom. The average Bonchev–Trinajstić information content (AvgIpc) is 3.10. The molecule has 0 saturated carbocycles. The number of benzene rings is 3. The fraction of sp³-hybridized carbons (Fsp3) is 0.0870. The Morgan fingerprint density at radius 3 is 2.55 bits per heavy atom. The molecule has 0 aliphatic carbocycles. The summed E-state index contributed by atoms with van der Waals surface area (Å²) in [6.45, 7) is 1.34. The van der Waals surface area contributed by atoms with Crippen LogP contribution < -0.4 is 4.74 Å². The van der Waals surface area contributed by atoms with Crippen LogP contribution in [0.25, 0.3) is 10.1 Å². The number of carbonyl (C=O) groups excluding carboxylic acids is 1. The Bertz CT molecular complexity index is 1300. The monoisotopic (exact) mass is 452 g/mol. The van der Waals surface area contributed by atoms with Crippen molar-refractivity contribution >= 4 is 49.7 Å². The van der Waals surface area contributed by atoms with Crippen LogP contribution in [-0.4, -0.2) is 16.2 Å². The van der Waals surface area contributed by atoms with Crippen LogP contribution in [0.5, 0.6) is 17.2 Å². The Hall–Kier alpha value is -3.42. The number of phenolic OH excluding ortho intramolecular Hbond substituents is 2. The van der Waals surface area contributed by atoms with Crippen LogP contribution in [0, 0.1) is 0 Å². The highest BCUT2D eigenvalue weighted by Crippen LogP contribution is 2.46. The van der Waals surface area contributed by atoms with Crippen LogP contribution in [0.3, 0.4) is 0 Å². The highest BCUT2D eigenvalue weighted by Gasteiger charge is 2.20. The number of halogens is 1. The summed E-state index contributed by atoms with van der Waals surface area (Å²) in [6.07, 6.45) is 0. The molecule has 1 unspecified atom stereocenters. The van der Waals surface area contributed by atoms with E-state index in [9.17, 15) is 15.0 Å². The molecule has 1 atom stereocenters. The number of esters is 1. The van der Waals surface area contributed by atoms with E-state index in [2.05, 4.69) is 10.2 Å². The lowest BCUT2D eigenvalue weighted by molar-refractivity contribution is -0.131. The third-order valence-electron chi connectivity index (χ3n) is 4.52. The van der Waals surface area contributed by atoms with Crippen molar-refractivity contribution in [3.63, 3.8) is 0 Å². The molecule has 3 aromatic carbocycles. The van der Waals surface area contributed by atoms with Crippen LogP contribution in [0.2, 0.25) is 0 Å². The summed E-state index contributed by atoms with van der Waals surface area (Å²) in [5, 5.41) is 29.1. The molecule has 0 saturated heterocycles. The maximum atomic E-state index is 11.6. The molecule has 6 nitrogen and oxygen atoms in total. The minimum absolute atomic E-state index is 0.00569. The molecule has 0 aliphatic heterocycles. The molecule has 0 spiro atoms. The highest BCUT2D eigenvalue weighted by molar-refractivity contribution is 7.23. The fourth-order valence-electron chi connectivity index (χ4n) is 3.12. The van der Waals surface area contributed by atoms with E-state index in [4.69, 9.17) is 16.3 Å². The van der Waals surface area contributed by atoms with Gasteiger partial charge in [0.15, 0.2) is 10.8 Å². The predicted molar refractivity (Wildman–Crippen MR) is 121 cm³/mol. The fourth-order valence-corrected chi connectivity index (χ4v) is 4.43. The van der Waals surface area contributed by atoms with Crippen molar-refractivity contribution in [2.24, 2.45) is 10.2 Å². The van der Waals surface area contributed by atoms with Gasteiger partial charge in [0.05, 0.1) is 11.1 Å². The van der Waals surface area contributed by atoms with Gasteiger partial charge in [-0.15, -0.1) is 33.2 Å². The lowest BCUT2D eigenvalue weighted by atomic mass is 10.0. The van der Waals surface area contributed by atoms with Crippen molar-refractivity contribution in [1.29, 1.82) is 0 Å². The first-order valence-corrected chi connectivity index (χ1v) is 10.6. The van der Waals surface area contributed by atoms with Crippen LogP contribution in [0.4, 0.5) is 10.7 Å². The molecule has 0 radical (unpaired) electrons. The molecule has 0 bridgehead atoms. The van der Waals surface area contributed by atoms with Gasteiger partial charge in [0.25, 0.3) is 0 Å². The van der Waals surface area contributed by atoms with Gasteiger partial charge in [0, 0.05) is 28.1 Å². The third-order valence-corrected chi connectivity index (χ3v) is 6.03. The minimum atomic E-state index is -0.766. The van der Waals surface area contributed by atoms with Gasteiger partial charge in [-0.2, -0.15) is 0 Å². The lowest BCUT2D eigenvalue weighted by Gasteiger charge is -2.14. The number of azo groups is 1. The zero-order valence-corrected chi connectivity index (χ0v) is 17.9. The van der Waals surface area contributed by atoms with Crippen molar-refractivity contribution in [1.82, 2.24) is 0 Å². The number of nitrogens with zero attached hydrogens (tertiary/aromatic N) is 2. The van der Waals surface area contributed by atoms with Crippen molar-refractivity contribution in [3.8, 4) is 17.2 Å². The molecule has 1 heterocycles.